The summed E-state index contributed by atoms with van der Waals surface area (Å²) >= 11 is 0. The van der Waals surface area contributed by atoms with Crippen LogP contribution in [-0.2, 0) is 9.53 Å². The number of ether oxygens (including phenoxy) is 1. The maximum absolute atomic E-state index is 12.3. The molecule has 0 bridgehead atoms. The van der Waals surface area contributed by atoms with Crippen LogP contribution in [0.1, 0.15) is 46.0 Å². The van der Waals surface area contributed by atoms with Crippen molar-refractivity contribution >= 4 is 41.9 Å². The summed E-state index contributed by atoms with van der Waals surface area (Å²) in [5, 5.41) is 6.82. The Morgan fingerprint density at radius 3 is 2.45 bits per heavy atom. The third-order valence-electron chi connectivity index (χ3n) is 5.67. The smallest absolute Gasteiger partial charge is 0.409 e. The monoisotopic (exact) mass is 552 g/mol. The topological polar surface area (TPSA) is 89.5 Å². The van der Waals surface area contributed by atoms with Crippen LogP contribution < -0.4 is 10.6 Å². The molecule has 2 aliphatic heterocycles. The zero-order valence-electron chi connectivity index (χ0n) is 19.6. The number of carbonyl (C=O) groups is 2. The molecule has 1 atom stereocenters. The molecule has 2 fully saturated rings. The fraction of sp³-hybridized carbons (Fsp3) is 0.857. The molecule has 0 spiro atoms. The molecule has 180 valence electrons. The van der Waals surface area contributed by atoms with Gasteiger partial charge in [-0.05, 0) is 52.5 Å². The van der Waals surface area contributed by atoms with Crippen LogP contribution in [0, 0.1) is 0 Å². The third kappa shape index (κ3) is 8.99. The molecule has 0 aromatic carbocycles. The van der Waals surface area contributed by atoms with Gasteiger partial charge in [0.05, 0.1) is 12.6 Å². The maximum atomic E-state index is 12.3. The molecule has 31 heavy (non-hydrogen) atoms. The van der Waals surface area contributed by atoms with Crippen LogP contribution in [0.25, 0.3) is 0 Å². The van der Waals surface area contributed by atoms with Gasteiger partial charge in [0, 0.05) is 52.9 Å². The predicted molar refractivity (Wildman–Crippen MR) is 134 cm³/mol. The van der Waals surface area contributed by atoms with Gasteiger partial charge in [0.1, 0.15) is 0 Å². The molecule has 9 nitrogen and oxygen atoms in total. The summed E-state index contributed by atoms with van der Waals surface area (Å²) < 4.78 is 5.08. The number of likely N-dealkylation sites (N-methyl/N-ethyl adjacent to an activating group) is 1. The van der Waals surface area contributed by atoms with Crippen molar-refractivity contribution in [1.29, 1.82) is 0 Å². The number of guanidine groups is 1. The van der Waals surface area contributed by atoms with Crippen LogP contribution in [0.3, 0.4) is 0 Å². The average molecular weight is 553 g/mol. The van der Waals surface area contributed by atoms with Crippen LogP contribution in [-0.4, -0.2) is 105 Å². The van der Waals surface area contributed by atoms with Crippen molar-refractivity contribution < 1.29 is 14.3 Å². The summed E-state index contributed by atoms with van der Waals surface area (Å²) in [5.74, 6) is 1.04. The van der Waals surface area contributed by atoms with E-state index in [9.17, 15) is 9.59 Å². The van der Waals surface area contributed by atoms with Crippen molar-refractivity contribution in [1.82, 2.24) is 25.3 Å². The highest BCUT2D eigenvalue weighted by Gasteiger charge is 2.31. The molecule has 2 amide bonds. The summed E-state index contributed by atoms with van der Waals surface area (Å²) in [5.41, 5.74) is 0. The Bertz CT molecular complexity index is 581. The third-order valence-corrected chi connectivity index (χ3v) is 5.67. The normalized spacial score (nSPS) is 20.2. The fourth-order valence-corrected chi connectivity index (χ4v) is 4.07. The second-order valence-electron chi connectivity index (χ2n) is 8.15. The van der Waals surface area contributed by atoms with Gasteiger partial charge in [0.25, 0.3) is 0 Å². The Balaban J connectivity index is 0.00000480. The van der Waals surface area contributed by atoms with E-state index in [2.05, 4.69) is 22.5 Å². The molecule has 10 heteroatoms. The van der Waals surface area contributed by atoms with Crippen LogP contribution in [0.2, 0.25) is 0 Å². The largest absolute Gasteiger partial charge is 0.450 e. The molecular formula is C21H41IN6O3. The van der Waals surface area contributed by atoms with E-state index in [-0.39, 0.29) is 42.0 Å². The van der Waals surface area contributed by atoms with Gasteiger partial charge in [-0.2, -0.15) is 0 Å². The molecule has 0 aromatic rings. The summed E-state index contributed by atoms with van der Waals surface area (Å²) in [7, 11) is 3.66. The minimum atomic E-state index is -0.218. The number of nitrogens with one attached hydrogen (secondary N) is 2. The first-order chi connectivity index (χ1) is 14.5. The van der Waals surface area contributed by atoms with E-state index in [1.807, 2.05) is 21.0 Å². The van der Waals surface area contributed by atoms with Crippen molar-refractivity contribution in [3.8, 4) is 0 Å². The van der Waals surface area contributed by atoms with Gasteiger partial charge in [-0.25, -0.2) is 4.79 Å². The first-order valence-corrected chi connectivity index (χ1v) is 11.4. The van der Waals surface area contributed by atoms with E-state index in [0.29, 0.717) is 25.7 Å². The highest BCUT2D eigenvalue weighted by Crippen LogP contribution is 2.19. The zero-order valence-corrected chi connectivity index (χ0v) is 21.9. The van der Waals surface area contributed by atoms with Gasteiger partial charge in [0.2, 0.25) is 5.91 Å². The zero-order chi connectivity index (χ0) is 21.9. The number of halogens is 1. The minimum absolute atomic E-state index is 0. The van der Waals surface area contributed by atoms with Crippen molar-refractivity contribution in [3.05, 3.63) is 0 Å². The first-order valence-electron chi connectivity index (χ1n) is 11.4. The number of amides is 2. The van der Waals surface area contributed by atoms with Crippen LogP contribution in [0.15, 0.2) is 4.99 Å². The number of nitrogens with zero attached hydrogens (tertiary/aromatic N) is 4. The number of piperidine rings is 1. The highest BCUT2D eigenvalue weighted by atomic mass is 127. The Labute approximate surface area is 204 Å². The van der Waals surface area contributed by atoms with Gasteiger partial charge in [0.15, 0.2) is 5.96 Å². The first kappa shape index (κ1) is 27.7. The summed E-state index contributed by atoms with van der Waals surface area (Å²) in [6.45, 7) is 9.11. The van der Waals surface area contributed by atoms with Crippen LogP contribution in [0.4, 0.5) is 4.79 Å². The molecule has 2 rings (SSSR count). The van der Waals surface area contributed by atoms with E-state index in [4.69, 9.17) is 9.73 Å². The number of hydrogen-bond donors (Lipinski definition) is 2. The molecular weight excluding hydrogens is 511 g/mol. The quantitative estimate of drug-likeness (QED) is 0.207. The molecule has 2 saturated heterocycles. The number of hydrogen-bond acceptors (Lipinski definition) is 5. The second-order valence-corrected chi connectivity index (χ2v) is 8.15. The predicted octanol–water partition coefficient (Wildman–Crippen LogP) is 1.72. The number of rotatable bonds is 8. The van der Waals surface area contributed by atoms with Gasteiger partial charge in [-0.1, -0.05) is 0 Å². The molecule has 0 saturated carbocycles. The number of aliphatic imine (C=N–C) groups is 1. The van der Waals surface area contributed by atoms with Crippen LogP contribution in [0.5, 0.6) is 0 Å². The molecule has 2 N–H and O–H groups in total. The van der Waals surface area contributed by atoms with Crippen molar-refractivity contribution in [2.24, 2.45) is 4.99 Å². The fourth-order valence-electron chi connectivity index (χ4n) is 4.07. The minimum Gasteiger partial charge on any atom is -0.450 e. The highest BCUT2D eigenvalue weighted by molar-refractivity contribution is 14.0. The van der Waals surface area contributed by atoms with Gasteiger partial charge >= 0.3 is 6.09 Å². The van der Waals surface area contributed by atoms with E-state index in [1.165, 1.54) is 0 Å². The lowest BCUT2D eigenvalue weighted by Gasteiger charge is -2.32. The molecule has 0 radical (unpaired) electrons. The Kier molecular flexibility index (Phi) is 13.2. The lowest BCUT2D eigenvalue weighted by atomic mass is 10.1. The van der Waals surface area contributed by atoms with E-state index in [0.717, 1.165) is 64.2 Å². The molecule has 1 unspecified atom stereocenters. The van der Waals surface area contributed by atoms with Gasteiger partial charge < -0.3 is 25.2 Å². The lowest BCUT2D eigenvalue weighted by molar-refractivity contribution is -0.133. The number of carbonyl (C=O) groups excluding carboxylic acids is 2. The molecule has 2 aliphatic rings. The summed E-state index contributed by atoms with van der Waals surface area (Å²) in [6.07, 6.45) is 4.51. The van der Waals surface area contributed by atoms with Crippen LogP contribution >= 0.6 is 24.0 Å². The van der Waals surface area contributed by atoms with Crippen molar-refractivity contribution in [3.63, 3.8) is 0 Å². The molecule has 0 aliphatic carbocycles. The SMILES string of the molecule is CCNC(=NCCCN1CCCC1C(=O)N(C)C)NC1CCN(C(=O)OCC)CC1.I. The van der Waals surface area contributed by atoms with Gasteiger partial charge in [-0.15, -0.1) is 24.0 Å². The standard InChI is InChI=1S/C21H40N6O3.HI/c1-5-22-20(24-17-10-15-27(16-11-17)21(29)30-6-2)23-12-8-14-26-13-7-9-18(26)19(28)25(3)4;/h17-18H,5-16H2,1-4H3,(H2,22,23,24);1H. The lowest BCUT2D eigenvalue weighted by Crippen LogP contribution is -2.50. The van der Waals surface area contributed by atoms with Crippen molar-refractivity contribution in [2.45, 2.75) is 58.0 Å². The van der Waals surface area contributed by atoms with E-state index >= 15 is 0 Å². The van der Waals surface area contributed by atoms with Gasteiger partial charge in [-0.3, -0.25) is 14.7 Å². The van der Waals surface area contributed by atoms with E-state index in [1.54, 1.807) is 9.80 Å². The molecule has 0 aromatic heterocycles. The number of likely N-dealkylation sites (tertiary alicyclic amines) is 2. The van der Waals surface area contributed by atoms with Crippen molar-refractivity contribution in [2.75, 3.05) is 60.0 Å². The summed E-state index contributed by atoms with van der Waals surface area (Å²) in [6, 6.07) is 0.328. The van der Waals surface area contributed by atoms with E-state index < -0.39 is 0 Å². The second kappa shape index (κ2) is 14.7. The maximum Gasteiger partial charge on any atom is 0.409 e. The Hall–Kier alpha value is -1.30. The Morgan fingerprint density at radius 1 is 1.13 bits per heavy atom. The Morgan fingerprint density at radius 2 is 1.84 bits per heavy atom. The summed E-state index contributed by atoms with van der Waals surface area (Å²) in [4.78, 5) is 34.6. The average Bonchev–Trinajstić information content (AvgIpc) is 3.19. The molecule has 2 heterocycles.